The molecule has 0 radical (unpaired) electrons. The summed E-state index contributed by atoms with van der Waals surface area (Å²) in [4.78, 5) is 29.6. The molecular weight excluding hydrogens is 344 g/mol. The lowest BCUT2D eigenvalue weighted by atomic mass is 10.1. The van der Waals surface area contributed by atoms with Crippen LogP contribution < -0.4 is 4.90 Å². The lowest BCUT2D eigenvalue weighted by molar-refractivity contribution is 0.0745. The molecule has 1 fully saturated rings. The Labute approximate surface area is 159 Å². The minimum absolute atomic E-state index is 0.0785. The predicted octanol–water partition coefficient (Wildman–Crippen LogP) is 3.88. The molecule has 0 aromatic heterocycles. The third-order valence-electron chi connectivity index (χ3n) is 4.88. The second-order valence-electron chi connectivity index (χ2n) is 6.56. The van der Waals surface area contributed by atoms with E-state index in [0.717, 1.165) is 40.4 Å². The second-order valence-corrected chi connectivity index (χ2v) is 7.44. The van der Waals surface area contributed by atoms with Crippen molar-refractivity contribution in [1.29, 1.82) is 0 Å². The number of hydrogen-bond donors (Lipinski definition) is 0. The third kappa shape index (κ3) is 3.93. The molecule has 4 nitrogen and oxygen atoms in total. The molecule has 1 saturated heterocycles. The Morgan fingerprint density at radius 2 is 1.62 bits per heavy atom. The summed E-state index contributed by atoms with van der Waals surface area (Å²) in [5.41, 5.74) is 3.65. The minimum atomic E-state index is 0.0785. The molecule has 2 aromatic carbocycles. The average molecular weight is 369 g/mol. The van der Waals surface area contributed by atoms with E-state index >= 15 is 0 Å². The van der Waals surface area contributed by atoms with Gasteiger partial charge in [0.05, 0.1) is 0 Å². The zero-order chi connectivity index (χ0) is 18.7. The summed E-state index contributed by atoms with van der Waals surface area (Å²) in [6.07, 6.45) is 2.02. The van der Waals surface area contributed by atoms with Gasteiger partial charge in [-0.05, 0) is 62.1 Å². The number of piperazine rings is 1. The highest BCUT2D eigenvalue weighted by molar-refractivity contribution is 7.98. The van der Waals surface area contributed by atoms with Gasteiger partial charge in [-0.2, -0.15) is 0 Å². The van der Waals surface area contributed by atoms with Crippen LogP contribution in [0.2, 0.25) is 0 Å². The molecule has 136 valence electrons. The molecule has 1 amide bonds. The summed E-state index contributed by atoms with van der Waals surface area (Å²) in [5, 5.41) is 0. The molecule has 0 atom stereocenters. The number of anilines is 1. The Hall–Kier alpha value is -2.27. The Morgan fingerprint density at radius 3 is 2.19 bits per heavy atom. The maximum absolute atomic E-state index is 12.9. The van der Waals surface area contributed by atoms with E-state index in [1.54, 1.807) is 18.7 Å². The smallest absolute Gasteiger partial charge is 0.254 e. The summed E-state index contributed by atoms with van der Waals surface area (Å²) < 4.78 is 0. The van der Waals surface area contributed by atoms with Crippen molar-refractivity contribution in [2.45, 2.75) is 18.7 Å². The number of ketones is 1. The zero-order valence-electron chi connectivity index (χ0n) is 15.5. The van der Waals surface area contributed by atoms with Crippen LogP contribution >= 0.6 is 11.8 Å². The quantitative estimate of drug-likeness (QED) is 0.607. The number of amides is 1. The Bertz CT molecular complexity index is 809. The Morgan fingerprint density at radius 1 is 0.962 bits per heavy atom. The summed E-state index contributed by atoms with van der Waals surface area (Å²) in [5.74, 6) is 0.194. The maximum Gasteiger partial charge on any atom is 0.254 e. The topological polar surface area (TPSA) is 40.6 Å². The summed E-state index contributed by atoms with van der Waals surface area (Å²) in [7, 11) is 0. The van der Waals surface area contributed by atoms with Gasteiger partial charge in [-0.25, -0.2) is 0 Å². The minimum Gasteiger partial charge on any atom is -0.368 e. The van der Waals surface area contributed by atoms with E-state index in [-0.39, 0.29) is 11.7 Å². The van der Waals surface area contributed by atoms with Crippen molar-refractivity contribution in [3.05, 3.63) is 59.2 Å². The number of carbonyl (C=O) groups excluding carboxylic acids is 2. The van der Waals surface area contributed by atoms with Gasteiger partial charge in [-0.3, -0.25) is 9.59 Å². The number of Topliss-reactive ketones (excluding diaryl/α,β-unsaturated/α-hetero) is 1. The van der Waals surface area contributed by atoms with Gasteiger partial charge in [0.1, 0.15) is 0 Å². The molecule has 2 aromatic rings. The van der Waals surface area contributed by atoms with E-state index in [9.17, 15) is 9.59 Å². The first-order valence-corrected chi connectivity index (χ1v) is 10.0. The molecule has 0 unspecified atom stereocenters. The van der Waals surface area contributed by atoms with Gasteiger partial charge < -0.3 is 9.80 Å². The lowest BCUT2D eigenvalue weighted by Crippen LogP contribution is -2.49. The lowest BCUT2D eigenvalue weighted by Gasteiger charge is -2.36. The second kappa shape index (κ2) is 7.96. The van der Waals surface area contributed by atoms with Crippen LogP contribution in [0.3, 0.4) is 0 Å². The van der Waals surface area contributed by atoms with Crippen LogP contribution in [0.5, 0.6) is 0 Å². The summed E-state index contributed by atoms with van der Waals surface area (Å²) in [6, 6.07) is 13.8. The van der Waals surface area contributed by atoms with Crippen LogP contribution in [0.25, 0.3) is 0 Å². The fraction of sp³-hybridized carbons (Fsp3) is 0.333. The van der Waals surface area contributed by atoms with E-state index in [4.69, 9.17) is 0 Å². The molecule has 0 spiro atoms. The number of thioether (sulfide) groups is 1. The standard InChI is InChI=1S/C21H24N2O2S/c1-15-4-9-19(26-3)14-20(15)21(25)23-12-10-22(11-13-23)18-7-5-17(6-8-18)16(2)24/h4-9,14H,10-13H2,1-3H3. The van der Waals surface area contributed by atoms with Crippen molar-refractivity contribution in [1.82, 2.24) is 4.90 Å². The van der Waals surface area contributed by atoms with Crippen LogP contribution in [0.15, 0.2) is 47.4 Å². The first-order valence-electron chi connectivity index (χ1n) is 8.79. The van der Waals surface area contributed by atoms with Gasteiger partial charge in [0.2, 0.25) is 0 Å². The van der Waals surface area contributed by atoms with Gasteiger partial charge >= 0.3 is 0 Å². The highest BCUT2D eigenvalue weighted by Gasteiger charge is 2.23. The van der Waals surface area contributed by atoms with E-state index in [0.29, 0.717) is 13.1 Å². The zero-order valence-corrected chi connectivity index (χ0v) is 16.3. The Kier molecular flexibility index (Phi) is 5.67. The van der Waals surface area contributed by atoms with Crippen LogP contribution in [0, 0.1) is 6.92 Å². The predicted molar refractivity (Wildman–Crippen MR) is 108 cm³/mol. The van der Waals surface area contributed by atoms with E-state index in [2.05, 4.69) is 11.0 Å². The van der Waals surface area contributed by atoms with Crippen LogP contribution in [0.4, 0.5) is 5.69 Å². The van der Waals surface area contributed by atoms with Crippen LogP contribution in [-0.4, -0.2) is 49.0 Å². The number of hydrogen-bond acceptors (Lipinski definition) is 4. The number of carbonyl (C=O) groups is 2. The first kappa shape index (κ1) is 18.5. The summed E-state index contributed by atoms with van der Waals surface area (Å²) >= 11 is 1.65. The highest BCUT2D eigenvalue weighted by Crippen LogP contribution is 2.22. The van der Waals surface area contributed by atoms with Gasteiger partial charge in [0.25, 0.3) is 5.91 Å². The number of nitrogens with zero attached hydrogens (tertiary/aromatic N) is 2. The summed E-state index contributed by atoms with van der Waals surface area (Å²) in [6.45, 7) is 6.57. The molecule has 0 saturated carbocycles. The fourth-order valence-electron chi connectivity index (χ4n) is 3.20. The monoisotopic (exact) mass is 368 g/mol. The SMILES string of the molecule is CSc1ccc(C)c(C(=O)N2CCN(c3ccc(C(C)=O)cc3)CC2)c1. The number of aryl methyl sites for hydroxylation is 1. The third-order valence-corrected chi connectivity index (χ3v) is 5.61. The van der Waals surface area contributed by atoms with E-state index in [1.807, 2.05) is 54.5 Å². The maximum atomic E-state index is 12.9. The molecule has 0 aliphatic carbocycles. The molecule has 1 heterocycles. The van der Waals surface area contributed by atoms with E-state index in [1.165, 1.54) is 0 Å². The molecular formula is C21H24N2O2S. The van der Waals surface area contributed by atoms with Gasteiger partial charge in [0, 0.05) is 47.9 Å². The normalized spacial score (nSPS) is 14.4. The van der Waals surface area contributed by atoms with Gasteiger partial charge in [-0.1, -0.05) is 6.07 Å². The molecule has 3 rings (SSSR count). The van der Waals surface area contributed by atoms with Gasteiger partial charge in [-0.15, -0.1) is 11.8 Å². The van der Waals surface area contributed by atoms with Crippen LogP contribution in [-0.2, 0) is 0 Å². The van der Waals surface area contributed by atoms with Gasteiger partial charge in [0.15, 0.2) is 5.78 Å². The highest BCUT2D eigenvalue weighted by atomic mass is 32.2. The molecule has 1 aliphatic rings. The average Bonchev–Trinajstić information content (AvgIpc) is 2.68. The van der Waals surface area contributed by atoms with Crippen molar-refractivity contribution < 1.29 is 9.59 Å². The van der Waals surface area contributed by atoms with Crippen molar-refractivity contribution in [3.63, 3.8) is 0 Å². The van der Waals surface area contributed by atoms with Crippen molar-refractivity contribution in [2.75, 3.05) is 37.3 Å². The number of rotatable bonds is 4. The van der Waals surface area contributed by atoms with Crippen molar-refractivity contribution >= 4 is 29.1 Å². The fourth-order valence-corrected chi connectivity index (χ4v) is 3.64. The molecule has 5 heteroatoms. The molecule has 0 bridgehead atoms. The molecule has 0 N–H and O–H groups in total. The first-order chi connectivity index (χ1) is 12.5. The molecule has 26 heavy (non-hydrogen) atoms. The van der Waals surface area contributed by atoms with E-state index < -0.39 is 0 Å². The number of benzene rings is 2. The Balaban J connectivity index is 1.66. The molecule has 1 aliphatic heterocycles. The van der Waals surface area contributed by atoms with Crippen molar-refractivity contribution in [3.8, 4) is 0 Å². The van der Waals surface area contributed by atoms with Crippen molar-refractivity contribution in [2.24, 2.45) is 0 Å². The van der Waals surface area contributed by atoms with Crippen LogP contribution in [0.1, 0.15) is 33.2 Å². The largest absolute Gasteiger partial charge is 0.368 e.